The van der Waals surface area contributed by atoms with Gasteiger partial charge >= 0.3 is 0 Å². The Morgan fingerprint density at radius 3 is 2.73 bits per heavy atom. The van der Waals surface area contributed by atoms with Gasteiger partial charge in [0.05, 0.1) is 23.5 Å². The average molecular weight is 425 g/mol. The van der Waals surface area contributed by atoms with Gasteiger partial charge in [0.2, 0.25) is 5.88 Å². The molecule has 5 heterocycles. The van der Waals surface area contributed by atoms with E-state index in [1.54, 1.807) is 30.7 Å². The molecule has 3 atom stereocenters. The van der Waals surface area contributed by atoms with E-state index in [4.69, 9.17) is 16.3 Å². The van der Waals surface area contributed by atoms with Gasteiger partial charge in [-0.25, -0.2) is 9.97 Å². The monoisotopic (exact) mass is 424 g/mol. The van der Waals surface area contributed by atoms with E-state index in [2.05, 4.69) is 20.2 Å². The zero-order chi connectivity index (χ0) is 20.7. The smallest absolute Gasteiger partial charge is 0.275 e. The molecule has 2 aliphatic heterocycles. The SMILES string of the molecule is Cc1ccc(-n2nccn2)c(C(=O)N2CC3CCC2C(Oc2ccc(Cl)cn2)C3)n1. The van der Waals surface area contributed by atoms with Gasteiger partial charge in [-0.2, -0.15) is 10.2 Å². The number of piperidine rings is 2. The minimum absolute atomic E-state index is 0.0271. The van der Waals surface area contributed by atoms with Gasteiger partial charge in [0, 0.05) is 24.5 Å². The van der Waals surface area contributed by atoms with E-state index in [1.807, 2.05) is 24.0 Å². The minimum Gasteiger partial charge on any atom is -0.472 e. The number of carbonyl (C=O) groups excluding carboxylic acids is 1. The lowest BCUT2D eigenvalue weighted by Gasteiger charge is -2.49. The Morgan fingerprint density at radius 2 is 2.00 bits per heavy atom. The highest BCUT2D eigenvalue weighted by molar-refractivity contribution is 6.30. The molecule has 0 N–H and O–H groups in total. The number of amides is 1. The van der Waals surface area contributed by atoms with Crippen LogP contribution in [0.15, 0.2) is 42.9 Å². The van der Waals surface area contributed by atoms with Gasteiger partial charge in [-0.1, -0.05) is 11.6 Å². The summed E-state index contributed by atoms with van der Waals surface area (Å²) in [4.78, 5) is 25.8. The molecule has 3 aromatic heterocycles. The second-order valence-corrected chi connectivity index (χ2v) is 8.25. The Balaban J connectivity index is 1.44. The highest BCUT2D eigenvalue weighted by Gasteiger charge is 2.45. The summed E-state index contributed by atoms with van der Waals surface area (Å²) >= 11 is 5.93. The number of hydrogen-bond acceptors (Lipinski definition) is 6. The number of fused-ring (bicyclic) bond motifs is 3. The minimum atomic E-state index is -0.113. The van der Waals surface area contributed by atoms with Gasteiger partial charge in [0.25, 0.3) is 5.91 Å². The number of aryl methyl sites for hydroxylation is 1. The van der Waals surface area contributed by atoms with Crippen molar-refractivity contribution in [3.63, 3.8) is 0 Å². The highest BCUT2D eigenvalue weighted by atomic mass is 35.5. The number of hydrogen-bond donors (Lipinski definition) is 0. The third-order valence-corrected chi connectivity index (χ3v) is 6.03. The van der Waals surface area contributed by atoms with Crippen LogP contribution in [0.25, 0.3) is 5.69 Å². The topological polar surface area (TPSA) is 86.0 Å². The molecule has 9 heteroatoms. The molecule has 3 unspecified atom stereocenters. The fourth-order valence-electron chi connectivity index (χ4n) is 4.42. The van der Waals surface area contributed by atoms with Gasteiger partial charge in [-0.05, 0) is 50.3 Å². The fraction of sp³-hybridized carbons (Fsp3) is 0.381. The van der Waals surface area contributed by atoms with Crippen LogP contribution in [0, 0.1) is 12.8 Å². The lowest BCUT2D eigenvalue weighted by Crippen LogP contribution is -2.59. The van der Waals surface area contributed by atoms with Crippen molar-refractivity contribution in [2.24, 2.45) is 5.92 Å². The van der Waals surface area contributed by atoms with Crippen molar-refractivity contribution >= 4 is 17.5 Å². The van der Waals surface area contributed by atoms with Crippen LogP contribution < -0.4 is 4.74 Å². The summed E-state index contributed by atoms with van der Waals surface area (Å²) in [5.74, 6) is 0.810. The lowest BCUT2D eigenvalue weighted by molar-refractivity contribution is -0.0316. The quantitative estimate of drug-likeness (QED) is 0.639. The third kappa shape index (κ3) is 3.52. The number of pyridine rings is 2. The molecule has 0 spiro atoms. The molecular formula is C21H21ClN6O2. The van der Waals surface area contributed by atoms with E-state index in [0.717, 1.165) is 25.0 Å². The molecule has 6 rings (SSSR count). The van der Waals surface area contributed by atoms with Crippen molar-refractivity contribution in [1.82, 2.24) is 29.9 Å². The van der Waals surface area contributed by atoms with Crippen molar-refractivity contribution in [3.05, 3.63) is 59.3 Å². The second-order valence-electron chi connectivity index (χ2n) is 7.81. The summed E-state index contributed by atoms with van der Waals surface area (Å²) < 4.78 is 6.17. The molecule has 3 aliphatic rings. The van der Waals surface area contributed by atoms with E-state index in [9.17, 15) is 4.79 Å². The molecule has 2 bridgehead atoms. The Hall–Kier alpha value is -3.00. The second kappa shape index (κ2) is 7.68. The van der Waals surface area contributed by atoms with Crippen molar-refractivity contribution < 1.29 is 9.53 Å². The van der Waals surface area contributed by atoms with Gasteiger partial charge in [0.15, 0.2) is 5.69 Å². The number of ether oxygens (including phenoxy) is 1. The number of nitrogens with zero attached hydrogens (tertiary/aromatic N) is 6. The number of rotatable bonds is 4. The first kappa shape index (κ1) is 19.0. The van der Waals surface area contributed by atoms with Crippen LogP contribution in [-0.4, -0.2) is 54.5 Å². The standard InChI is InChI=1S/C21H21ClN6O2/c1-13-2-5-17(28-24-8-9-25-28)20(26-13)21(29)27-12-14-3-6-16(27)18(10-14)30-19-7-4-15(22)11-23-19/h2,4-5,7-9,11,14,16,18H,3,6,10,12H2,1H3. The van der Waals surface area contributed by atoms with E-state index < -0.39 is 0 Å². The van der Waals surface area contributed by atoms with Crippen molar-refractivity contribution in [1.29, 1.82) is 0 Å². The summed E-state index contributed by atoms with van der Waals surface area (Å²) in [6.45, 7) is 2.58. The molecule has 30 heavy (non-hydrogen) atoms. The first-order chi connectivity index (χ1) is 14.6. The predicted octanol–water partition coefficient (Wildman–Crippen LogP) is 3.09. The number of carbonyl (C=O) groups is 1. The van der Waals surface area contributed by atoms with Crippen LogP contribution in [0.5, 0.6) is 5.88 Å². The number of halogens is 1. The van der Waals surface area contributed by atoms with Crippen LogP contribution >= 0.6 is 11.6 Å². The van der Waals surface area contributed by atoms with E-state index in [-0.39, 0.29) is 18.1 Å². The average Bonchev–Trinajstić information content (AvgIpc) is 3.30. The predicted molar refractivity (Wildman–Crippen MR) is 110 cm³/mol. The molecular weight excluding hydrogens is 404 g/mol. The zero-order valence-corrected chi connectivity index (χ0v) is 17.2. The highest BCUT2D eigenvalue weighted by Crippen LogP contribution is 2.38. The first-order valence-electron chi connectivity index (χ1n) is 10.0. The Bertz CT molecular complexity index is 1060. The number of aromatic nitrogens is 5. The fourth-order valence-corrected chi connectivity index (χ4v) is 4.54. The summed E-state index contributed by atoms with van der Waals surface area (Å²) in [5, 5.41) is 8.93. The Labute approximate surface area is 178 Å². The molecule has 0 radical (unpaired) electrons. The first-order valence-corrected chi connectivity index (χ1v) is 10.4. The van der Waals surface area contributed by atoms with E-state index in [0.29, 0.717) is 34.7 Å². The van der Waals surface area contributed by atoms with Gasteiger partial charge in [-0.15, -0.1) is 4.80 Å². The van der Waals surface area contributed by atoms with Crippen molar-refractivity contribution in [2.75, 3.05) is 6.54 Å². The molecule has 3 fully saturated rings. The van der Waals surface area contributed by atoms with Crippen LogP contribution in [0.2, 0.25) is 5.02 Å². The van der Waals surface area contributed by atoms with E-state index >= 15 is 0 Å². The largest absolute Gasteiger partial charge is 0.472 e. The summed E-state index contributed by atoms with van der Waals surface area (Å²) in [7, 11) is 0. The van der Waals surface area contributed by atoms with Crippen molar-refractivity contribution in [2.45, 2.75) is 38.3 Å². The van der Waals surface area contributed by atoms with E-state index in [1.165, 1.54) is 4.80 Å². The molecule has 154 valence electrons. The summed E-state index contributed by atoms with van der Waals surface area (Å²) in [5.41, 5.74) is 1.71. The molecule has 1 aliphatic carbocycles. The van der Waals surface area contributed by atoms with Crippen LogP contribution in [0.1, 0.15) is 35.4 Å². The molecule has 1 saturated carbocycles. The van der Waals surface area contributed by atoms with Crippen LogP contribution in [0.3, 0.4) is 0 Å². The maximum atomic E-state index is 13.6. The molecule has 1 amide bonds. The summed E-state index contributed by atoms with van der Waals surface area (Å²) in [6.07, 6.45) is 7.53. The lowest BCUT2D eigenvalue weighted by atomic mass is 9.77. The third-order valence-electron chi connectivity index (χ3n) is 5.80. The maximum Gasteiger partial charge on any atom is 0.275 e. The Morgan fingerprint density at radius 1 is 1.17 bits per heavy atom. The maximum absolute atomic E-state index is 13.6. The van der Waals surface area contributed by atoms with Crippen LogP contribution in [-0.2, 0) is 0 Å². The molecule has 3 aromatic rings. The van der Waals surface area contributed by atoms with Gasteiger partial charge < -0.3 is 9.64 Å². The summed E-state index contributed by atoms with van der Waals surface area (Å²) in [6, 6.07) is 7.19. The normalized spacial score (nSPS) is 22.9. The molecule has 8 nitrogen and oxygen atoms in total. The zero-order valence-electron chi connectivity index (χ0n) is 16.5. The van der Waals surface area contributed by atoms with Crippen molar-refractivity contribution in [3.8, 4) is 11.6 Å². The Kier molecular flexibility index (Phi) is 4.86. The molecule has 2 saturated heterocycles. The van der Waals surface area contributed by atoms with Gasteiger partial charge in [-0.3, -0.25) is 4.79 Å². The van der Waals surface area contributed by atoms with Gasteiger partial charge in [0.1, 0.15) is 11.8 Å². The van der Waals surface area contributed by atoms with Crippen LogP contribution in [0.4, 0.5) is 0 Å². The molecule has 0 aromatic carbocycles.